The lowest BCUT2D eigenvalue weighted by Gasteiger charge is -2.32. The molecule has 0 bridgehead atoms. The van der Waals surface area contributed by atoms with Crippen LogP contribution in [0.5, 0.6) is 0 Å². The van der Waals surface area contributed by atoms with Crippen LogP contribution in [0, 0.1) is 0 Å². The van der Waals surface area contributed by atoms with E-state index < -0.39 is 17.5 Å². The summed E-state index contributed by atoms with van der Waals surface area (Å²) in [6, 6.07) is 16.2. The van der Waals surface area contributed by atoms with Crippen LogP contribution in [0.25, 0.3) is 0 Å². The van der Waals surface area contributed by atoms with Crippen molar-refractivity contribution in [1.82, 2.24) is 0 Å². The number of hydrogen-bond donors (Lipinski definition) is 1. The van der Waals surface area contributed by atoms with E-state index in [-0.39, 0.29) is 0 Å². The first-order chi connectivity index (χ1) is 10.5. The van der Waals surface area contributed by atoms with Crippen molar-refractivity contribution in [3.05, 3.63) is 82.9 Å². The quantitative estimate of drug-likeness (QED) is 0.651. The average molecular weight is 361 g/mol. The molecule has 22 heavy (non-hydrogen) atoms. The van der Waals surface area contributed by atoms with E-state index in [1.54, 1.807) is 30.3 Å². The number of benzene rings is 2. The minimum absolute atomic E-state index is 0.455. The molecule has 0 aliphatic heterocycles. The number of rotatable bonds is 5. The minimum Gasteiger partial charge on any atom is -0.467 e. The second kappa shape index (κ2) is 6.90. The molecule has 0 radical (unpaired) electrons. The van der Waals surface area contributed by atoms with E-state index in [1.165, 1.54) is 7.11 Å². The van der Waals surface area contributed by atoms with Gasteiger partial charge in [0.2, 0.25) is 0 Å². The van der Waals surface area contributed by atoms with Crippen molar-refractivity contribution < 1.29 is 14.6 Å². The van der Waals surface area contributed by atoms with Gasteiger partial charge in [0.15, 0.2) is 5.60 Å². The van der Waals surface area contributed by atoms with Gasteiger partial charge in [-0.2, -0.15) is 0 Å². The Morgan fingerprint density at radius 2 is 1.82 bits per heavy atom. The summed E-state index contributed by atoms with van der Waals surface area (Å²) < 4.78 is 5.72. The summed E-state index contributed by atoms with van der Waals surface area (Å²) in [7, 11) is 1.26. The molecule has 2 aromatic carbocycles. The zero-order chi connectivity index (χ0) is 16.2. The monoisotopic (exact) mass is 360 g/mol. The van der Waals surface area contributed by atoms with Crippen molar-refractivity contribution in [2.24, 2.45) is 0 Å². The standard InChI is InChI=1S/C18H17BrO3/c1-3-16(13-7-5-4-6-8-13)18(21,17(20)22-2)14-9-11-15(19)12-10-14/h3-12,16,21H,1H2,2H3/t16-,18+/m0/s1. The van der Waals surface area contributed by atoms with Crippen molar-refractivity contribution in [2.45, 2.75) is 11.5 Å². The van der Waals surface area contributed by atoms with Gasteiger partial charge >= 0.3 is 5.97 Å². The predicted octanol–water partition coefficient (Wildman–Crippen LogP) is 3.78. The number of aliphatic hydroxyl groups is 1. The van der Waals surface area contributed by atoms with Crippen molar-refractivity contribution in [3.63, 3.8) is 0 Å². The average Bonchev–Trinajstić information content (AvgIpc) is 2.56. The van der Waals surface area contributed by atoms with E-state index in [1.807, 2.05) is 30.3 Å². The summed E-state index contributed by atoms with van der Waals surface area (Å²) in [6.45, 7) is 3.79. The molecule has 0 heterocycles. The second-order valence-corrected chi connectivity index (χ2v) is 5.80. The molecule has 114 valence electrons. The number of halogens is 1. The Hall–Kier alpha value is -1.91. The molecule has 2 rings (SSSR count). The third kappa shape index (κ3) is 2.98. The van der Waals surface area contributed by atoms with Gasteiger partial charge in [0, 0.05) is 10.4 Å². The number of carbonyl (C=O) groups is 1. The Bertz CT molecular complexity index is 652. The molecule has 2 atom stereocenters. The number of carbonyl (C=O) groups excluding carboxylic acids is 1. The normalized spacial score (nSPS) is 14.7. The zero-order valence-electron chi connectivity index (χ0n) is 12.2. The van der Waals surface area contributed by atoms with Crippen molar-refractivity contribution in [3.8, 4) is 0 Å². The van der Waals surface area contributed by atoms with Crippen LogP contribution in [0.3, 0.4) is 0 Å². The van der Waals surface area contributed by atoms with E-state index in [4.69, 9.17) is 4.74 Å². The van der Waals surface area contributed by atoms with Gasteiger partial charge in [-0.1, -0.05) is 64.5 Å². The van der Waals surface area contributed by atoms with Gasteiger partial charge in [-0.15, -0.1) is 6.58 Å². The highest BCUT2D eigenvalue weighted by Crippen LogP contribution is 2.39. The summed E-state index contributed by atoms with van der Waals surface area (Å²) in [5.74, 6) is -1.34. The molecule has 4 heteroatoms. The SMILES string of the molecule is C=C[C@@H](c1ccccc1)[C@@](O)(C(=O)OC)c1ccc(Br)cc1. The number of ether oxygens (including phenoxy) is 1. The Balaban J connectivity index is 2.60. The maximum atomic E-state index is 12.4. The van der Waals surface area contributed by atoms with Crippen LogP contribution in [0.2, 0.25) is 0 Å². The summed E-state index contributed by atoms with van der Waals surface area (Å²) in [5, 5.41) is 11.2. The summed E-state index contributed by atoms with van der Waals surface area (Å²) >= 11 is 3.35. The van der Waals surface area contributed by atoms with Crippen LogP contribution in [-0.4, -0.2) is 18.2 Å². The molecule has 0 aromatic heterocycles. The van der Waals surface area contributed by atoms with Crippen LogP contribution in [-0.2, 0) is 15.1 Å². The van der Waals surface area contributed by atoms with Crippen LogP contribution in [0.4, 0.5) is 0 Å². The maximum absolute atomic E-state index is 12.4. The number of hydrogen-bond acceptors (Lipinski definition) is 3. The molecule has 3 nitrogen and oxygen atoms in total. The lowest BCUT2D eigenvalue weighted by atomic mass is 9.77. The lowest BCUT2D eigenvalue weighted by molar-refractivity contribution is -0.165. The highest BCUT2D eigenvalue weighted by atomic mass is 79.9. The topological polar surface area (TPSA) is 46.5 Å². The molecule has 0 aliphatic carbocycles. The summed E-state index contributed by atoms with van der Waals surface area (Å²) in [6.07, 6.45) is 1.56. The number of methoxy groups -OCH3 is 1. The van der Waals surface area contributed by atoms with Crippen LogP contribution < -0.4 is 0 Å². The van der Waals surface area contributed by atoms with Gasteiger partial charge in [-0.25, -0.2) is 4.79 Å². The van der Waals surface area contributed by atoms with Gasteiger partial charge in [-0.3, -0.25) is 0 Å². The third-order valence-corrected chi connectivity index (χ3v) is 4.15. The molecule has 0 fully saturated rings. The molecular formula is C18H17BrO3. The van der Waals surface area contributed by atoms with Crippen molar-refractivity contribution in [2.75, 3.05) is 7.11 Å². The first-order valence-electron chi connectivity index (χ1n) is 6.78. The predicted molar refractivity (Wildman–Crippen MR) is 89.4 cm³/mol. The van der Waals surface area contributed by atoms with E-state index >= 15 is 0 Å². The van der Waals surface area contributed by atoms with Gasteiger partial charge in [0.1, 0.15) is 0 Å². The summed E-state index contributed by atoms with van der Waals surface area (Å²) in [5.41, 5.74) is -0.594. The molecule has 1 N–H and O–H groups in total. The maximum Gasteiger partial charge on any atom is 0.343 e. The second-order valence-electron chi connectivity index (χ2n) is 4.89. The van der Waals surface area contributed by atoms with Crippen LogP contribution >= 0.6 is 15.9 Å². The Kier molecular flexibility index (Phi) is 5.16. The lowest BCUT2D eigenvalue weighted by Crippen LogP contribution is -2.42. The Morgan fingerprint density at radius 1 is 1.23 bits per heavy atom. The summed E-state index contributed by atoms with van der Waals surface area (Å²) in [4.78, 5) is 12.4. The molecule has 0 amide bonds. The molecule has 0 unspecified atom stereocenters. The minimum atomic E-state index is -1.83. The smallest absolute Gasteiger partial charge is 0.343 e. The first-order valence-corrected chi connectivity index (χ1v) is 7.57. The molecule has 0 saturated carbocycles. The highest BCUT2D eigenvalue weighted by Gasteiger charge is 2.46. The zero-order valence-corrected chi connectivity index (χ0v) is 13.8. The van der Waals surface area contributed by atoms with E-state index in [2.05, 4.69) is 22.5 Å². The third-order valence-electron chi connectivity index (χ3n) is 3.63. The van der Waals surface area contributed by atoms with Crippen molar-refractivity contribution >= 4 is 21.9 Å². The molecular weight excluding hydrogens is 344 g/mol. The molecule has 0 saturated heterocycles. The number of esters is 1. The Morgan fingerprint density at radius 3 is 2.32 bits per heavy atom. The largest absolute Gasteiger partial charge is 0.467 e. The van der Waals surface area contributed by atoms with Crippen LogP contribution in [0.1, 0.15) is 17.0 Å². The fourth-order valence-corrected chi connectivity index (χ4v) is 2.76. The molecule has 2 aromatic rings. The van der Waals surface area contributed by atoms with Crippen LogP contribution in [0.15, 0.2) is 71.7 Å². The fourth-order valence-electron chi connectivity index (χ4n) is 2.49. The van der Waals surface area contributed by atoms with E-state index in [0.29, 0.717) is 5.56 Å². The molecule has 0 aliphatic rings. The van der Waals surface area contributed by atoms with Gasteiger partial charge in [0.05, 0.1) is 7.11 Å². The Labute approximate surface area is 138 Å². The first kappa shape index (κ1) is 16.5. The molecule has 0 spiro atoms. The van der Waals surface area contributed by atoms with Gasteiger partial charge in [0.25, 0.3) is 0 Å². The van der Waals surface area contributed by atoms with E-state index in [9.17, 15) is 9.90 Å². The highest BCUT2D eigenvalue weighted by molar-refractivity contribution is 9.10. The van der Waals surface area contributed by atoms with Crippen molar-refractivity contribution in [1.29, 1.82) is 0 Å². The van der Waals surface area contributed by atoms with E-state index in [0.717, 1.165) is 10.0 Å². The van der Waals surface area contributed by atoms with Gasteiger partial charge in [-0.05, 0) is 23.3 Å². The fraction of sp³-hybridized carbons (Fsp3) is 0.167. The van der Waals surface area contributed by atoms with Gasteiger partial charge < -0.3 is 9.84 Å².